The average molecular weight is 345 g/mol. The second-order valence-electron chi connectivity index (χ2n) is 6.66. The number of likely N-dealkylation sites (N-methyl/N-ethyl adjacent to an activating group) is 1. The van der Waals surface area contributed by atoms with Crippen molar-refractivity contribution in [3.8, 4) is 0 Å². The summed E-state index contributed by atoms with van der Waals surface area (Å²) < 4.78 is 39.1. The summed E-state index contributed by atoms with van der Waals surface area (Å²) in [6.45, 7) is 4.94. The number of urea groups is 1. The van der Waals surface area contributed by atoms with Crippen molar-refractivity contribution in [2.75, 3.05) is 7.05 Å². The first kappa shape index (κ1) is 19.8. The molecule has 0 fully saturated rings. The molecular weight excluding hydrogens is 323 g/mol. The normalized spacial score (nSPS) is 13.3. The van der Waals surface area contributed by atoms with Gasteiger partial charge in [-0.1, -0.05) is 39.0 Å². The molecule has 0 saturated carbocycles. The van der Waals surface area contributed by atoms with Gasteiger partial charge in [0.2, 0.25) is 5.91 Å². The maximum Gasteiger partial charge on any atom is 0.416 e. The van der Waals surface area contributed by atoms with Crippen LogP contribution in [0.5, 0.6) is 0 Å². The lowest BCUT2D eigenvalue weighted by molar-refractivity contribution is -0.140. The fraction of sp³-hybridized carbons (Fsp3) is 0.500. The number of benzene rings is 1. The standard InChI is InChI=1S/C16H22F3N3O2/c1-15(2,3)12(21-14(20)24)13(23)22(4)9-10-7-5-6-8-11(10)16(17,18)19/h5-8,12H,9H2,1-4H3,(H3,20,21,24). The summed E-state index contributed by atoms with van der Waals surface area (Å²) in [5.74, 6) is -0.515. The van der Waals surface area contributed by atoms with Gasteiger partial charge in [0.1, 0.15) is 6.04 Å². The van der Waals surface area contributed by atoms with Crippen LogP contribution < -0.4 is 11.1 Å². The highest BCUT2D eigenvalue weighted by molar-refractivity contribution is 5.87. The van der Waals surface area contributed by atoms with Crippen LogP contribution in [0.15, 0.2) is 24.3 Å². The van der Waals surface area contributed by atoms with E-state index >= 15 is 0 Å². The summed E-state index contributed by atoms with van der Waals surface area (Å²) in [5, 5.41) is 2.36. The van der Waals surface area contributed by atoms with Crippen LogP contribution in [-0.2, 0) is 17.5 Å². The van der Waals surface area contributed by atoms with Crippen molar-refractivity contribution in [3.05, 3.63) is 35.4 Å². The Hall–Kier alpha value is -2.25. The minimum Gasteiger partial charge on any atom is -0.352 e. The fourth-order valence-electron chi connectivity index (χ4n) is 2.28. The van der Waals surface area contributed by atoms with Crippen molar-refractivity contribution >= 4 is 11.9 Å². The summed E-state index contributed by atoms with van der Waals surface area (Å²) in [6, 6.07) is 3.24. The minimum absolute atomic E-state index is 0.0208. The van der Waals surface area contributed by atoms with Crippen LogP contribution in [0.3, 0.4) is 0 Å². The fourth-order valence-corrected chi connectivity index (χ4v) is 2.28. The molecule has 1 aromatic carbocycles. The lowest BCUT2D eigenvalue weighted by Gasteiger charge is -2.33. The highest BCUT2D eigenvalue weighted by Crippen LogP contribution is 2.32. The Morgan fingerprint density at radius 2 is 1.75 bits per heavy atom. The zero-order valence-electron chi connectivity index (χ0n) is 14.1. The van der Waals surface area contributed by atoms with E-state index in [1.807, 2.05) is 0 Å². The van der Waals surface area contributed by atoms with Gasteiger partial charge >= 0.3 is 12.2 Å². The molecule has 0 aliphatic rings. The summed E-state index contributed by atoms with van der Waals surface area (Å²) >= 11 is 0. The lowest BCUT2D eigenvalue weighted by Crippen LogP contribution is -2.55. The second kappa shape index (κ2) is 7.11. The molecule has 0 heterocycles. The Bertz CT molecular complexity index is 609. The molecule has 0 aliphatic heterocycles. The number of nitrogens with two attached hydrogens (primary N) is 1. The topological polar surface area (TPSA) is 75.4 Å². The second-order valence-corrected chi connectivity index (χ2v) is 6.66. The molecule has 1 rings (SSSR count). The van der Waals surface area contributed by atoms with Gasteiger partial charge in [-0.25, -0.2) is 4.79 Å². The number of rotatable bonds is 4. The number of alkyl halides is 3. The van der Waals surface area contributed by atoms with Gasteiger partial charge in [-0.05, 0) is 17.0 Å². The molecule has 1 aromatic rings. The zero-order chi connectivity index (χ0) is 18.7. The third-order valence-electron chi connectivity index (χ3n) is 3.51. The van der Waals surface area contributed by atoms with Crippen molar-refractivity contribution in [1.29, 1.82) is 0 Å². The molecule has 1 unspecified atom stereocenters. The highest BCUT2D eigenvalue weighted by Gasteiger charge is 2.36. The number of carbonyl (C=O) groups is 2. The Labute approximate surface area is 139 Å². The molecule has 0 radical (unpaired) electrons. The molecule has 5 nitrogen and oxygen atoms in total. The Morgan fingerprint density at radius 3 is 2.21 bits per heavy atom. The number of hydrogen-bond donors (Lipinski definition) is 2. The van der Waals surface area contributed by atoms with E-state index in [-0.39, 0.29) is 12.1 Å². The molecular formula is C16H22F3N3O2. The average Bonchev–Trinajstić information content (AvgIpc) is 2.42. The predicted octanol–water partition coefficient (Wildman–Crippen LogP) is 2.75. The number of carbonyl (C=O) groups excluding carboxylic acids is 2. The van der Waals surface area contributed by atoms with Gasteiger partial charge in [0.05, 0.1) is 5.56 Å². The van der Waals surface area contributed by atoms with Crippen molar-refractivity contribution in [1.82, 2.24) is 10.2 Å². The first-order chi connectivity index (χ1) is 10.8. The van der Waals surface area contributed by atoms with Gasteiger partial charge < -0.3 is 16.0 Å². The molecule has 0 saturated heterocycles. The summed E-state index contributed by atoms with van der Waals surface area (Å²) in [6.07, 6.45) is -4.50. The Morgan fingerprint density at radius 1 is 1.21 bits per heavy atom. The van der Waals surface area contributed by atoms with Crippen LogP contribution >= 0.6 is 0 Å². The third kappa shape index (κ3) is 5.14. The zero-order valence-corrected chi connectivity index (χ0v) is 14.1. The van der Waals surface area contributed by atoms with Gasteiger partial charge in [-0.2, -0.15) is 13.2 Å². The summed E-state index contributed by atoms with van der Waals surface area (Å²) in [7, 11) is 1.39. The first-order valence-electron chi connectivity index (χ1n) is 7.30. The van der Waals surface area contributed by atoms with Crippen LogP contribution in [0.25, 0.3) is 0 Å². The monoisotopic (exact) mass is 345 g/mol. The molecule has 3 N–H and O–H groups in total. The van der Waals surface area contributed by atoms with E-state index in [0.717, 1.165) is 11.0 Å². The van der Waals surface area contributed by atoms with E-state index in [9.17, 15) is 22.8 Å². The van der Waals surface area contributed by atoms with Crippen LogP contribution in [0, 0.1) is 5.41 Å². The molecule has 0 spiro atoms. The quantitative estimate of drug-likeness (QED) is 0.880. The predicted molar refractivity (Wildman–Crippen MR) is 83.9 cm³/mol. The van der Waals surface area contributed by atoms with E-state index in [1.54, 1.807) is 20.8 Å². The molecule has 8 heteroatoms. The largest absolute Gasteiger partial charge is 0.416 e. The molecule has 0 aliphatic carbocycles. The van der Waals surface area contributed by atoms with Gasteiger partial charge in [-0.3, -0.25) is 4.79 Å². The molecule has 0 aromatic heterocycles. The lowest BCUT2D eigenvalue weighted by atomic mass is 9.85. The van der Waals surface area contributed by atoms with E-state index in [1.165, 1.54) is 25.2 Å². The van der Waals surface area contributed by atoms with Crippen LogP contribution in [0.4, 0.5) is 18.0 Å². The first-order valence-corrected chi connectivity index (χ1v) is 7.30. The maximum absolute atomic E-state index is 13.0. The molecule has 0 bridgehead atoms. The van der Waals surface area contributed by atoms with Gasteiger partial charge in [0.15, 0.2) is 0 Å². The molecule has 24 heavy (non-hydrogen) atoms. The Kier molecular flexibility index (Phi) is 5.86. The van der Waals surface area contributed by atoms with Gasteiger partial charge in [0.25, 0.3) is 0 Å². The highest BCUT2D eigenvalue weighted by atomic mass is 19.4. The number of nitrogens with zero attached hydrogens (tertiary/aromatic N) is 1. The van der Waals surface area contributed by atoms with E-state index in [2.05, 4.69) is 5.32 Å². The SMILES string of the molecule is CN(Cc1ccccc1C(F)(F)F)C(=O)C(NC(N)=O)C(C)(C)C. The van der Waals surface area contributed by atoms with Crippen LogP contribution in [0.1, 0.15) is 31.9 Å². The number of amides is 3. The van der Waals surface area contributed by atoms with Gasteiger partial charge in [0, 0.05) is 13.6 Å². The number of halogens is 3. The van der Waals surface area contributed by atoms with E-state index in [0.29, 0.717) is 0 Å². The number of nitrogens with one attached hydrogen (secondary N) is 1. The smallest absolute Gasteiger partial charge is 0.352 e. The van der Waals surface area contributed by atoms with Crippen molar-refractivity contribution in [2.24, 2.45) is 11.1 Å². The van der Waals surface area contributed by atoms with Crippen LogP contribution in [0.2, 0.25) is 0 Å². The summed E-state index contributed by atoms with van der Waals surface area (Å²) in [5.41, 5.74) is 3.63. The van der Waals surface area contributed by atoms with Crippen molar-refractivity contribution in [2.45, 2.75) is 39.5 Å². The summed E-state index contributed by atoms with van der Waals surface area (Å²) in [4.78, 5) is 24.8. The molecule has 134 valence electrons. The Balaban J connectivity index is 3.04. The van der Waals surface area contributed by atoms with E-state index < -0.39 is 35.1 Å². The third-order valence-corrected chi connectivity index (χ3v) is 3.51. The number of hydrogen-bond acceptors (Lipinski definition) is 2. The molecule has 1 atom stereocenters. The van der Waals surface area contributed by atoms with Crippen LogP contribution in [-0.4, -0.2) is 29.9 Å². The van der Waals surface area contributed by atoms with E-state index in [4.69, 9.17) is 5.73 Å². The molecule has 3 amide bonds. The number of primary amides is 1. The maximum atomic E-state index is 13.0. The van der Waals surface area contributed by atoms with Gasteiger partial charge in [-0.15, -0.1) is 0 Å². The minimum atomic E-state index is -4.50. The van der Waals surface area contributed by atoms with Crippen molar-refractivity contribution < 1.29 is 22.8 Å². The van der Waals surface area contributed by atoms with Crippen molar-refractivity contribution in [3.63, 3.8) is 0 Å².